The van der Waals surface area contributed by atoms with Crippen LogP contribution in [-0.4, -0.2) is 34.8 Å². The van der Waals surface area contributed by atoms with E-state index in [1.807, 2.05) is 0 Å². The molecule has 2 unspecified atom stereocenters. The van der Waals surface area contributed by atoms with Crippen molar-refractivity contribution in [3.63, 3.8) is 0 Å². The average molecular weight is 625 g/mol. The zero-order valence-electron chi connectivity index (χ0n) is 27.7. The van der Waals surface area contributed by atoms with Crippen LogP contribution in [0.1, 0.15) is 141 Å². The van der Waals surface area contributed by atoms with Crippen LogP contribution >= 0.6 is 11.3 Å². The molecular weight excluding hydrogens is 568 g/mol. The first-order valence-electron chi connectivity index (χ1n) is 17.7. The number of fused-ring (bicyclic) bond motifs is 1. The SMILES string of the molecule is CCCCCCCC[C@@H]1CO[C@@H](c2ccc(-c3cn4cc([C@@H]5OC[C@@H](CCCCCCCC)C(C)O5)sc4n3)cc2)OC1C. The van der Waals surface area contributed by atoms with Gasteiger partial charge in [-0.15, -0.1) is 0 Å². The highest BCUT2D eigenvalue weighted by Gasteiger charge is 2.31. The fourth-order valence-corrected chi connectivity index (χ4v) is 7.54. The quantitative estimate of drug-likeness (QED) is 0.140. The predicted octanol–water partition coefficient (Wildman–Crippen LogP) is 10.7. The van der Waals surface area contributed by atoms with Crippen molar-refractivity contribution in [2.45, 2.75) is 142 Å². The van der Waals surface area contributed by atoms with Gasteiger partial charge in [-0.25, -0.2) is 4.98 Å². The molecule has 244 valence electrons. The Morgan fingerprint density at radius 3 is 1.82 bits per heavy atom. The van der Waals surface area contributed by atoms with Crippen molar-refractivity contribution >= 4 is 16.3 Å². The minimum atomic E-state index is -0.302. The molecule has 44 heavy (non-hydrogen) atoms. The van der Waals surface area contributed by atoms with E-state index in [4.69, 9.17) is 23.9 Å². The molecular formula is C37H56N2O4S. The second-order valence-electron chi connectivity index (χ2n) is 13.2. The molecule has 6 atom stereocenters. The normalized spacial score (nSPS) is 26.0. The van der Waals surface area contributed by atoms with Crippen LogP contribution in [0.15, 0.2) is 36.7 Å². The van der Waals surface area contributed by atoms with E-state index in [1.54, 1.807) is 11.3 Å². The maximum atomic E-state index is 6.34. The van der Waals surface area contributed by atoms with E-state index in [0.29, 0.717) is 11.8 Å². The molecule has 1 aromatic carbocycles. The number of benzene rings is 1. The van der Waals surface area contributed by atoms with Gasteiger partial charge in [-0.05, 0) is 26.7 Å². The summed E-state index contributed by atoms with van der Waals surface area (Å²) in [7, 11) is 0. The Kier molecular flexibility index (Phi) is 13.2. The van der Waals surface area contributed by atoms with Crippen molar-refractivity contribution in [2.75, 3.05) is 13.2 Å². The number of unbranched alkanes of at least 4 members (excludes halogenated alkanes) is 10. The van der Waals surface area contributed by atoms with Crippen LogP contribution in [0.4, 0.5) is 0 Å². The van der Waals surface area contributed by atoms with Gasteiger partial charge in [0.25, 0.3) is 0 Å². The summed E-state index contributed by atoms with van der Waals surface area (Å²) in [5.41, 5.74) is 3.12. The molecule has 0 saturated carbocycles. The highest BCUT2D eigenvalue weighted by molar-refractivity contribution is 7.17. The van der Waals surface area contributed by atoms with Crippen molar-refractivity contribution in [2.24, 2.45) is 11.8 Å². The third kappa shape index (κ3) is 9.16. The zero-order chi connectivity index (χ0) is 30.7. The number of aromatic nitrogens is 2. The summed E-state index contributed by atoms with van der Waals surface area (Å²) in [5, 5.41) is 0. The molecule has 0 bridgehead atoms. The monoisotopic (exact) mass is 624 g/mol. The summed E-state index contributed by atoms with van der Waals surface area (Å²) >= 11 is 1.65. The molecule has 2 aromatic heterocycles. The van der Waals surface area contributed by atoms with Gasteiger partial charge >= 0.3 is 0 Å². The van der Waals surface area contributed by atoms with Crippen molar-refractivity contribution in [1.82, 2.24) is 9.38 Å². The number of ether oxygens (including phenoxy) is 4. The summed E-state index contributed by atoms with van der Waals surface area (Å²) in [5.74, 6) is 0.967. The minimum Gasteiger partial charge on any atom is -0.348 e. The van der Waals surface area contributed by atoms with Gasteiger partial charge in [-0.2, -0.15) is 0 Å². The van der Waals surface area contributed by atoms with Gasteiger partial charge in [0.1, 0.15) is 0 Å². The van der Waals surface area contributed by atoms with Crippen LogP contribution in [0.5, 0.6) is 0 Å². The molecule has 2 aliphatic heterocycles. The smallest absolute Gasteiger partial charge is 0.194 e. The lowest BCUT2D eigenvalue weighted by Gasteiger charge is -2.35. The van der Waals surface area contributed by atoms with Gasteiger partial charge in [0.05, 0.1) is 36.0 Å². The van der Waals surface area contributed by atoms with E-state index in [1.165, 1.54) is 89.9 Å². The van der Waals surface area contributed by atoms with Crippen molar-refractivity contribution in [3.8, 4) is 11.3 Å². The first-order chi connectivity index (χ1) is 21.6. The minimum absolute atomic E-state index is 0.208. The Morgan fingerprint density at radius 2 is 1.25 bits per heavy atom. The van der Waals surface area contributed by atoms with E-state index >= 15 is 0 Å². The largest absolute Gasteiger partial charge is 0.348 e. The van der Waals surface area contributed by atoms with Crippen molar-refractivity contribution < 1.29 is 18.9 Å². The molecule has 0 radical (unpaired) electrons. The second-order valence-corrected chi connectivity index (χ2v) is 14.3. The molecule has 0 spiro atoms. The van der Waals surface area contributed by atoms with Gasteiger partial charge in [-0.1, -0.05) is 126 Å². The lowest BCUT2D eigenvalue weighted by Crippen LogP contribution is -2.34. The second kappa shape index (κ2) is 17.2. The summed E-state index contributed by atoms with van der Waals surface area (Å²) in [6, 6.07) is 8.49. The Labute approximate surface area is 269 Å². The maximum Gasteiger partial charge on any atom is 0.194 e. The van der Waals surface area contributed by atoms with E-state index in [9.17, 15) is 0 Å². The lowest BCUT2D eigenvalue weighted by atomic mass is 9.95. The van der Waals surface area contributed by atoms with E-state index in [-0.39, 0.29) is 24.8 Å². The average Bonchev–Trinajstić information content (AvgIpc) is 3.62. The highest BCUT2D eigenvalue weighted by atomic mass is 32.1. The number of thiazole rings is 1. The molecule has 0 amide bonds. The molecule has 0 aliphatic carbocycles. The Balaban J connectivity index is 1.08. The summed E-state index contributed by atoms with van der Waals surface area (Å²) < 4.78 is 27.1. The third-order valence-corrected chi connectivity index (χ3v) is 10.7. The fraction of sp³-hybridized carbons (Fsp3) is 0.703. The van der Waals surface area contributed by atoms with Crippen LogP contribution in [0.2, 0.25) is 0 Å². The Morgan fingerprint density at radius 1 is 0.705 bits per heavy atom. The number of hydrogen-bond donors (Lipinski definition) is 0. The van der Waals surface area contributed by atoms with Crippen molar-refractivity contribution in [3.05, 3.63) is 47.1 Å². The predicted molar refractivity (Wildman–Crippen MR) is 180 cm³/mol. The number of nitrogens with zero attached hydrogens (tertiary/aromatic N) is 2. The first kappa shape index (κ1) is 33.6. The van der Waals surface area contributed by atoms with E-state index in [2.05, 4.69) is 68.8 Å². The van der Waals surface area contributed by atoms with E-state index < -0.39 is 0 Å². The van der Waals surface area contributed by atoms with Crippen LogP contribution < -0.4 is 0 Å². The molecule has 5 rings (SSSR count). The number of hydrogen-bond acceptors (Lipinski definition) is 6. The highest BCUT2D eigenvalue weighted by Crippen LogP contribution is 2.36. The number of rotatable bonds is 17. The molecule has 6 nitrogen and oxygen atoms in total. The van der Waals surface area contributed by atoms with Crippen molar-refractivity contribution in [1.29, 1.82) is 0 Å². The third-order valence-electron chi connectivity index (χ3n) is 9.67. The van der Waals surface area contributed by atoms with Gasteiger partial charge in [0.15, 0.2) is 17.5 Å². The number of imidazole rings is 1. The fourth-order valence-electron chi connectivity index (χ4n) is 6.59. The van der Waals surface area contributed by atoms with Crippen LogP contribution in [-0.2, 0) is 18.9 Å². The topological polar surface area (TPSA) is 54.2 Å². The molecule has 3 aromatic rings. The van der Waals surface area contributed by atoms with Gasteiger partial charge < -0.3 is 18.9 Å². The van der Waals surface area contributed by atoms with Gasteiger partial charge in [0, 0.05) is 35.4 Å². The molecule has 7 heteroatoms. The molecule has 2 saturated heterocycles. The maximum absolute atomic E-state index is 6.34. The Hall–Kier alpha value is -1.77. The summed E-state index contributed by atoms with van der Waals surface area (Å²) in [4.78, 5) is 6.96. The van der Waals surface area contributed by atoms with Gasteiger partial charge in [0.2, 0.25) is 0 Å². The first-order valence-corrected chi connectivity index (χ1v) is 18.5. The van der Waals surface area contributed by atoms with Crippen LogP contribution in [0.3, 0.4) is 0 Å². The van der Waals surface area contributed by atoms with E-state index in [0.717, 1.165) is 39.9 Å². The summed E-state index contributed by atoms with van der Waals surface area (Å²) in [6.07, 6.45) is 22.3. The molecule has 2 fully saturated rings. The zero-order valence-corrected chi connectivity index (χ0v) is 28.5. The summed E-state index contributed by atoms with van der Waals surface area (Å²) in [6.45, 7) is 10.5. The molecule has 2 aliphatic rings. The lowest BCUT2D eigenvalue weighted by molar-refractivity contribution is -0.237. The Bertz CT molecular complexity index is 1210. The van der Waals surface area contributed by atoms with Crippen LogP contribution in [0.25, 0.3) is 16.2 Å². The standard InChI is InChI=1S/C37H56N2O4S/c1-5-7-9-11-13-15-17-31-25-40-35(42-27(31)3)30-21-19-29(20-22-30)33-23-39-24-34(44-37(39)38-33)36-41-26-32(28(4)43-36)18-16-14-12-10-8-6-2/h19-24,27-28,31-32,35-36H,5-18,25-26H2,1-4H3/t27?,28?,31-,32-,35-,36-/m1/s1. The van der Waals surface area contributed by atoms with Crippen LogP contribution in [0, 0.1) is 11.8 Å². The molecule has 0 N–H and O–H groups in total. The van der Waals surface area contributed by atoms with Gasteiger partial charge in [-0.3, -0.25) is 4.40 Å². The molecule has 4 heterocycles.